The number of aromatic nitrogens is 3. The average Bonchev–Trinajstić information content (AvgIpc) is 3.63. The molecule has 4 aromatic rings. The Morgan fingerprint density at radius 3 is 2.14 bits per heavy atom. The number of amides is 1. The molecular weight excluding hydrogens is 460 g/mol. The van der Waals surface area contributed by atoms with E-state index in [1.165, 1.54) is 11.8 Å². The van der Waals surface area contributed by atoms with E-state index < -0.39 is 5.25 Å². The van der Waals surface area contributed by atoms with Crippen molar-refractivity contribution in [3.05, 3.63) is 84.4 Å². The molecule has 1 saturated carbocycles. The summed E-state index contributed by atoms with van der Waals surface area (Å²) in [5.41, 5.74) is 2.68. The number of nitrogens with one attached hydrogen (secondary N) is 1. The minimum Gasteiger partial charge on any atom is -0.497 e. The molecule has 1 heterocycles. The van der Waals surface area contributed by atoms with Crippen LogP contribution in [0, 0.1) is 0 Å². The third kappa shape index (κ3) is 5.17. The van der Waals surface area contributed by atoms with Crippen LogP contribution in [0.15, 0.2) is 84.0 Å². The Hall–Kier alpha value is -3.78. The highest BCUT2D eigenvalue weighted by atomic mass is 32.2. The van der Waals surface area contributed by atoms with Gasteiger partial charge in [-0.25, -0.2) is 0 Å². The third-order valence-electron chi connectivity index (χ3n) is 5.80. The first-order chi connectivity index (χ1) is 17.2. The van der Waals surface area contributed by atoms with Gasteiger partial charge in [0.25, 0.3) is 0 Å². The van der Waals surface area contributed by atoms with Gasteiger partial charge in [0, 0.05) is 17.3 Å². The zero-order valence-corrected chi connectivity index (χ0v) is 20.4. The molecule has 1 N–H and O–H groups in total. The van der Waals surface area contributed by atoms with Crippen molar-refractivity contribution in [2.24, 2.45) is 0 Å². The number of nitrogens with zero attached hydrogens (tertiary/aromatic N) is 3. The topological polar surface area (TPSA) is 78.3 Å². The summed E-state index contributed by atoms with van der Waals surface area (Å²) in [5, 5.41) is 12.4. The zero-order valence-electron chi connectivity index (χ0n) is 19.5. The van der Waals surface area contributed by atoms with Gasteiger partial charge in [-0.2, -0.15) is 0 Å². The Bertz CT molecular complexity index is 1290. The SMILES string of the molecule is COc1ccc(-c2nnc(S[C@H](C(=O)NC3CC3)c3ccccc3)n2-c2ccc(OC)cc2)cc1. The number of benzene rings is 3. The molecule has 3 aromatic carbocycles. The number of hydrogen-bond acceptors (Lipinski definition) is 6. The van der Waals surface area contributed by atoms with Gasteiger partial charge in [-0.05, 0) is 66.9 Å². The van der Waals surface area contributed by atoms with Crippen molar-refractivity contribution < 1.29 is 14.3 Å². The standard InChI is InChI=1S/C27H26N4O3S/c1-33-22-14-8-19(9-15-22)25-29-30-27(31(25)21-12-16-23(34-2)17-13-21)35-24(18-6-4-3-5-7-18)26(32)28-20-10-11-20/h3-9,12-17,20,24H,10-11H2,1-2H3,(H,28,32)/t24-/m0/s1. The van der Waals surface area contributed by atoms with E-state index in [-0.39, 0.29) is 11.9 Å². The molecular formula is C27H26N4O3S. The average molecular weight is 487 g/mol. The summed E-state index contributed by atoms with van der Waals surface area (Å²) in [5.74, 6) is 2.18. The molecule has 0 aliphatic heterocycles. The van der Waals surface area contributed by atoms with Gasteiger partial charge in [0.1, 0.15) is 16.7 Å². The lowest BCUT2D eigenvalue weighted by Gasteiger charge is -2.18. The fraction of sp³-hybridized carbons (Fsp3) is 0.222. The summed E-state index contributed by atoms with van der Waals surface area (Å²) in [6, 6.07) is 25.5. The van der Waals surface area contributed by atoms with Crippen LogP contribution in [0.1, 0.15) is 23.7 Å². The second-order valence-electron chi connectivity index (χ2n) is 8.26. The van der Waals surface area contributed by atoms with Crippen molar-refractivity contribution >= 4 is 17.7 Å². The lowest BCUT2D eigenvalue weighted by Crippen LogP contribution is -2.29. The first-order valence-corrected chi connectivity index (χ1v) is 12.3. The summed E-state index contributed by atoms with van der Waals surface area (Å²) in [7, 11) is 3.28. The van der Waals surface area contributed by atoms with E-state index >= 15 is 0 Å². The van der Waals surface area contributed by atoms with E-state index in [0.29, 0.717) is 11.0 Å². The molecule has 0 bridgehead atoms. The highest BCUT2D eigenvalue weighted by molar-refractivity contribution is 8.00. The number of carbonyl (C=O) groups excluding carboxylic acids is 1. The van der Waals surface area contributed by atoms with Crippen LogP contribution in [0.2, 0.25) is 0 Å². The van der Waals surface area contributed by atoms with Crippen LogP contribution < -0.4 is 14.8 Å². The number of ether oxygens (including phenoxy) is 2. The van der Waals surface area contributed by atoms with Gasteiger partial charge >= 0.3 is 0 Å². The second-order valence-corrected chi connectivity index (χ2v) is 9.33. The van der Waals surface area contributed by atoms with Crippen LogP contribution in [0.5, 0.6) is 11.5 Å². The van der Waals surface area contributed by atoms with Gasteiger partial charge in [0.05, 0.1) is 14.2 Å². The Morgan fingerprint density at radius 1 is 0.914 bits per heavy atom. The predicted molar refractivity (Wildman–Crippen MR) is 136 cm³/mol. The normalized spacial score (nSPS) is 13.8. The lowest BCUT2D eigenvalue weighted by atomic mass is 10.1. The maximum Gasteiger partial charge on any atom is 0.238 e. The fourth-order valence-electron chi connectivity index (χ4n) is 3.75. The molecule has 0 spiro atoms. The molecule has 0 radical (unpaired) electrons. The van der Waals surface area contributed by atoms with E-state index in [4.69, 9.17) is 9.47 Å². The summed E-state index contributed by atoms with van der Waals surface area (Å²) in [4.78, 5) is 13.3. The van der Waals surface area contributed by atoms with Crippen molar-refractivity contribution in [3.8, 4) is 28.6 Å². The molecule has 1 aliphatic rings. The zero-order chi connectivity index (χ0) is 24.2. The van der Waals surface area contributed by atoms with E-state index in [1.54, 1.807) is 14.2 Å². The van der Waals surface area contributed by atoms with E-state index in [9.17, 15) is 4.79 Å². The molecule has 1 fully saturated rings. The van der Waals surface area contributed by atoms with Crippen LogP contribution >= 0.6 is 11.8 Å². The minimum atomic E-state index is -0.457. The smallest absolute Gasteiger partial charge is 0.238 e. The van der Waals surface area contributed by atoms with Crippen LogP contribution in [0.25, 0.3) is 17.1 Å². The Balaban J connectivity index is 1.57. The first kappa shape index (κ1) is 23.0. The van der Waals surface area contributed by atoms with Gasteiger partial charge < -0.3 is 14.8 Å². The van der Waals surface area contributed by atoms with Gasteiger partial charge in [-0.1, -0.05) is 42.1 Å². The highest BCUT2D eigenvalue weighted by Crippen LogP contribution is 2.38. The molecule has 178 valence electrons. The second kappa shape index (κ2) is 10.2. The molecule has 35 heavy (non-hydrogen) atoms. The summed E-state index contributed by atoms with van der Waals surface area (Å²) in [6.45, 7) is 0. The van der Waals surface area contributed by atoms with Gasteiger partial charge in [-0.3, -0.25) is 9.36 Å². The highest BCUT2D eigenvalue weighted by Gasteiger charge is 2.31. The molecule has 0 unspecified atom stereocenters. The molecule has 0 saturated heterocycles. The van der Waals surface area contributed by atoms with Crippen molar-refractivity contribution in [1.82, 2.24) is 20.1 Å². The van der Waals surface area contributed by atoms with Crippen molar-refractivity contribution in [1.29, 1.82) is 0 Å². The summed E-state index contributed by atoms with van der Waals surface area (Å²) in [6.07, 6.45) is 2.06. The molecule has 8 heteroatoms. The molecule has 1 aliphatic carbocycles. The summed E-state index contributed by atoms with van der Waals surface area (Å²) >= 11 is 1.40. The molecule has 7 nitrogen and oxygen atoms in total. The number of hydrogen-bond donors (Lipinski definition) is 1. The van der Waals surface area contributed by atoms with Crippen LogP contribution in [-0.4, -0.2) is 40.9 Å². The quantitative estimate of drug-likeness (QED) is 0.333. The van der Waals surface area contributed by atoms with Gasteiger partial charge in [0.15, 0.2) is 11.0 Å². The molecule has 1 amide bonds. The first-order valence-electron chi connectivity index (χ1n) is 11.4. The predicted octanol–water partition coefficient (Wildman–Crippen LogP) is 5.06. The maximum atomic E-state index is 13.3. The molecule has 1 aromatic heterocycles. The van der Waals surface area contributed by atoms with Crippen molar-refractivity contribution in [2.75, 3.05) is 14.2 Å². The number of carbonyl (C=O) groups is 1. The van der Waals surface area contributed by atoms with E-state index in [2.05, 4.69) is 15.5 Å². The lowest BCUT2D eigenvalue weighted by molar-refractivity contribution is -0.120. The van der Waals surface area contributed by atoms with Gasteiger partial charge in [-0.15, -0.1) is 10.2 Å². The molecule has 1 atom stereocenters. The monoisotopic (exact) mass is 486 g/mol. The van der Waals surface area contributed by atoms with E-state index in [0.717, 1.165) is 41.2 Å². The maximum absolute atomic E-state index is 13.3. The van der Waals surface area contributed by atoms with Crippen molar-refractivity contribution in [2.45, 2.75) is 29.3 Å². The number of methoxy groups -OCH3 is 2. The van der Waals surface area contributed by atoms with Gasteiger partial charge in [0.2, 0.25) is 5.91 Å². The number of thioether (sulfide) groups is 1. The van der Waals surface area contributed by atoms with E-state index in [1.807, 2.05) is 83.4 Å². The minimum absolute atomic E-state index is 0.0148. The van der Waals surface area contributed by atoms with Crippen LogP contribution in [-0.2, 0) is 4.79 Å². The van der Waals surface area contributed by atoms with Crippen LogP contribution in [0.3, 0.4) is 0 Å². The van der Waals surface area contributed by atoms with Crippen molar-refractivity contribution in [3.63, 3.8) is 0 Å². The number of rotatable bonds is 9. The molecule has 5 rings (SSSR count). The summed E-state index contributed by atoms with van der Waals surface area (Å²) < 4.78 is 12.6. The Kier molecular flexibility index (Phi) is 6.72. The van der Waals surface area contributed by atoms with Crippen LogP contribution in [0.4, 0.5) is 0 Å². The largest absolute Gasteiger partial charge is 0.497 e. The Morgan fingerprint density at radius 2 is 1.54 bits per heavy atom. The Labute approximate surface area is 208 Å². The fourth-order valence-corrected chi connectivity index (χ4v) is 4.81. The third-order valence-corrected chi connectivity index (χ3v) is 7.00.